The van der Waals surface area contributed by atoms with E-state index in [4.69, 9.17) is 4.74 Å². The molecule has 1 aliphatic heterocycles. The smallest absolute Gasteiger partial charge is 0.123 e. The molecular weight excluding hydrogens is 385 g/mol. The van der Waals surface area contributed by atoms with Crippen molar-refractivity contribution in [3.05, 3.63) is 102 Å². The van der Waals surface area contributed by atoms with Crippen LogP contribution in [0.5, 0.6) is 5.75 Å². The Labute approximate surface area is 185 Å². The number of ether oxygens (including phenoxy) is 1. The van der Waals surface area contributed by atoms with Crippen molar-refractivity contribution in [3.63, 3.8) is 0 Å². The quantitative estimate of drug-likeness (QED) is 0.415. The van der Waals surface area contributed by atoms with Gasteiger partial charge in [0.15, 0.2) is 0 Å². The number of likely N-dealkylation sites (tertiary alicyclic amines) is 1. The van der Waals surface area contributed by atoms with E-state index in [0.717, 1.165) is 47.5 Å². The first-order chi connectivity index (χ1) is 15.2. The van der Waals surface area contributed by atoms with Crippen LogP contribution in [0.2, 0.25) is 0 Å². The largest absolute Gasteiger partial charge is 0.489 e. The molecular formula is C28H30FNO. The molecule has 1 aliphatic rings. The molecule has 2 nitrogen and oxygen atoms in total. The maximum Gasteiger partial charge on any atom is 0.123 e. The summed E-state index contributed by atoms with van der Waals surface area (Å²) in [6.45, 7) is 4.90. The summed E-state index contributed by atoms with van der Waals surface area (Å²) in [5.74, 6) is 0.662. The first-order valence-corrected chi connectivity index (χ1v) is 11.2. The highest BCUT2D eigenvalue weighted by Crippen LogP contribution is 2.33. The number of nitrogens with zero attached hydrogens (tertiary/aromatic N) is 1. The highest BCUT2D eigenvalue weighted by molar-refractivity contribution is 5.71. The van der Waals surface area contributed by atoms with Crippen LogP contribution in [0.1, 0.15) is 36.0 Å². The van der Waals surface area contributed by atoms with Crippen molar-refractivity contribution in [2.75, 3.05) is 13.1 Å². The van der Waals surface area contributed by atoms with Crippen molar-refractivity contribution < 1.29 is 9.13 Å². The third-order valence-electron chi connectivity index (χ3n) is 5.87. The Balaban J connectivity index is 1.59. The average molecular weight is 416 g/mol. The Kier molecular flexibility index (Phi) is 7.03. The second kappa shape index (κ2) is 10.3. The summed E-state index contributed by atoms with van der Waals surface area (Å²) in [7, 11) is 0. The Hall–Kier alpha value is -3.07. The van der Waals surface area contributed by atoms with Crippen molar-refractivity contribution >= 4 is 0 Å². The van der Waals surface area contributed by atoms with E-state index < -0.39 is 0 Å². The fourth-order valence-electron chi connectivity index (χ4n) is 4.08. The molecule has 0 aromatic heterocycles. The fourth-order valence-corrected chi connectivity index (χ4v) is 4.08. The highest BCUT2D eigenvalue weighted by atomic mass is 19.1. The summed E-state index contributed by atoms with van der Waals surface area (Å²) in [5.41, 5.74) is 5.51. The summed E-state index contributed by atoms with van der Waals surface area (Å²) in [6.07, 6.45) is 9.22. The second-order valence-corrected chi connectivity index (χ2v) is 8.23. The molecule has 0 spiro atoms. The molecule has 31 heavy (non-hydrogen) atoms. The molecule has 0 saturated carbocycles. The molecule has 3 aromatic rings. The van der Waals surface area contributed by atoms with Gasteiger partial charge in [0, 0.05) is 13.1 Å². The monoisotopic (exact) mass is 415 g/mol. The zero-order chi connectivity index (χ0) is 21.5. The highest BCUT2D eigenvalue weighted by Gasteiger charge is 2.11. The Bertz CT molecular complexity index is 1010. The van der Waals surface area contributed by atoms with Gasteiger partial charge in [0.1, 0.15) is 18.2 Å². The topological polar surface area (TPSA) is 12.5 Å². The van der Waals surface area contributed by atoms with Gasteiger partial charge in [-0.1, -0.05) is 54.6 Å². The van der Waals surface area contributed by atoms with E-state index in [0.29, 0.717) is 6.61 Å². The first-order valence-electron chi connectivity index (χ1n) is 11.2. The van der Waals surface area contributed by atoms with Crippen LogP contribution < -0.4 is 4.74 Å². The summed E-state index contributed by atoms with van der Waals surface area (Å²) in [4.78, 5) is 2.41. The SMILES string of the molecule is Cc1c(OCc2ccccc2)cc(CC=CN2CCCCC2)cc1-c1ccc(F)cc1. The van der Waals surface area contributed by atoms with Crippen LogP contribution in [-0.4, -0.2) is 18.0 Å². The normalized spacial score (nSPS) is 14.2. The van der Waals surface area contributed by atoms with Gasteiger partial charge in [-0.3, -0.25) is 0 Å². The van der Waals surface area contributed by atoms with Crippen molar-refractivity contribution in [2.45, 2.75) is 39.2 Å². The Morgan fingerprint density at radius 3 is 2.39 bits per heavy atom. The molecule has 1 heterocycles. The Morgan fingerprint density at radius 1 is 0.903 bits per heavy atom. The third kappa shape index (κ3) is 5.75. The van der Waals surface area contributed by atoms with Gasteiger partial charge in [0.25, 0.3) is 0 Å². The zero-order valence-corrected chi connectivity index (χ0v) is 18.2. The molecule has 0 radical (unpaired) electrons. The molecule has 3 heteroatoms. The van der Waals surface area contributed by atoms with Gasteiger partial charge in [-0.15, -0.1) is 0 Å². The lowest BCUT2D eigenvalue weighted by atomic mass is 9.96. The molecule has 0 bridgehead atoms. The van der Waals surface area contributed by atoms with Gasteiger partial charge >= 0.3 is 0 Å². The van der Waals surface area contributed by atoms with E-state index in [2.05, 4.69) is 48.4 Å². The van der Waals surface area contributed by atoms with Crippen LogP contribution in [0.15, 0.2) is 79.0 Å². The predicted octanol–water partition coefficient (Wildman–Crippen LogP) is 6.92. The number of rotatable bonds is 7. The lowest BCUT2D eigenvalue weighted by Crippen LogP contribution is -2.24. The standard InChI is InChI=1S/C28H30FNO/c1-22-27(25-12-14-26(29)15-13-25)19-24(11-8-18-30-16-6-3-7-17-30)20-28(22)31-21-23-9-4-2-5-10-23/h2,4-5,8-10,12-15,18-20H,3,6-7,11,16-17,21H2,1H3. The molecule has 0 unspecified atom stereocenters. The number of halogens is 1. The van der Waals surface area contributed by atoms with Gasteiger partial charge in [0.2, 0.25) is 0 Å². The van der Waals surface area contributed by atoms with Gasteiger partial charge in [-0.05, 0) is 84.8 Å². The van der Waals surface area contributed by atoms with Crippen LogP contribution in [0.25, 0.3) is 11.1 Å². The number of benzene rings is 3. The van der Waals surface area contributed by atoms with E-state index in [-0.39, 0.29) is 5.82 Å². The minimum absolute atomic E-state index is 0.220. The van der Waals surface area contributed by atoms with Crippen molar-refractivity contribution in [3.8, 4) is 16.9 Å². The van der Waals surface area contributed by atoms with E-state index in [9.17, 15) is 4.39 Å². The molecule has 0 aliphatic carbocycles. The molecule has 0 amide bonds. The fraction of sp³-hybridized carbons (Fsp3) is 0.286. The summed E-state index contributed by atoms with van der Waals surface area (Å²) < 4.78 is 19.7. The number of piperidine rings is 1. The molecule has 0 N–H and O–H groups in total. The molecule has 1 saturated heterocycles. The van der Waals surface area contributed by atoms with Gasteiger partial charge in [0.05, 0.1) is 0 Å². The number of hydrogen-bond acceptors (Lipinski definition) is 2. The molecule has 0 atom stereocenters. The summed E-state index contributed by atoms with van der Waals surface area (Å²) >= 11 is 0. The average Bonchev–Trinajstić information content (AvgIpc) is 2.81. The van der Waals surface area contributed by atoms with Crippen molar-refractivity contribution in [1.82, 2.24) is 4.90 Å². The van der Waals surface area contributed by atoms with Crippen LogP contribution in [-0.2, 0) is 13.0 Å². The molecule has 3 aromatic carbocycles. The van der Waals surface area contributed by atoms with E-state index >= 15 is 0 Å². The minimum Gasteiger partial charge on any atom is -0.489 e. The predicted molar refractivity (Wildman–Crippen MR) is 126 cm³/mol. The van der Waals surface area contributed by atoms with Gasteiger partial charge in [-0.25, -0.2) is 4.39 Å². The lowest BCUT2D eigenvalue weighted by Gasteiger charge is -2.24. The minimum atomic E-state index is -0.220. The van der Waals surface area contributed by atoms with Crippen molar-refractivity contribution in [2.24, 2.45) is 0 Å². The van der Waals surface area contributed by atoms with Crippen molar-refractivity contribution in [1.29, 1.82) is 0 Å². The second-order valence-electron chi connectivity index (χ2n) is 8.23. The van der Waals surface area contributed by atoms with E-state index in [1.54, 1.807) is 0 Å². The maximum absolute atomic E-state index is 13.5. The Morgan fingerprint density at radius 2 is 1.65 bits per heavy atom. The molecule has 4 rings (SSSR count). The lowest BCUT2D eigenvalue weighted by molar-refractivity contribution is 0.304. The summed E-state index contributed by atoms with van der Waals surface area (Å²) in [5, 5.41) is 0. The molecule has 160 valence electrons. The zero-order valence-electron chi connectivity index (χ0n) is 18.2. The van der Waals surface area contributed by atoms with E-state index in [1.165, 1.54) is 37.0 Å². The molecule has 1 fully saturated rings. The van der Waals surface area contributed by atoms with Crippen LogP contribution >= 0.6 is 0 Å². The van der Waals surface area contributed by atoms with Crippen LogP contribution in [0, 0.1) is 12.7 Å². The van der Waals surface area contributed by atoms with Gasteiger partial charge < -0.3 is 9.64 Å². The third-order valence-corrected chi connectivity index (χ3v) is 5.87. The number of allylic oxidation sites excluding steroid dienone is 1. The summed E-state index contributed by atoms with van der Waals surface area (Å²) in [6, 6.07) is 21.3. The van der Waals surface area contributed by atoms with Crippen LogP contribution in [0.4, 0.5) is 4.39 Å². The van der Waals surface area contributed by atoms with E-state index in [1.807, 2.05) is 30.3 Å². The van der Waals surface area contributed by atoms with Crippen LogP contribution in [0.3, 0.4) is 0 Å². The first kappa shape index (κ1) is 21.2. The van der Waals surface area contributed by atoms with Gasteiger partial charge in [-0.2, -0.15) is 0 Å². The number of hydrogen-bond donors (Lipinski definition) is 0. The maximum atomic E-state index is 13.5.